The van der Waals surface area contributed by atoms with Gasteiger partial charge in [-0.3, -0.25) is 0 Å². The summed E-state index contributed by atoms with van der Waals surface area (Å²) in [7, 11) is 0. The lowest BCUT2D eigenvalue weighted by Gasteiger charge is -2.16. The first-order chi connectivity index (χ1) is 6.62. The molecule has 14 heavy (non-hydrogen) atoms. The van der Waals surface area contributed by atoms with E-state index in [0.29, 0.717) is 5.89 Å². The molecule has 1 N–H and O–H groups in total. The molecule has 2 rings (SSSR count). The van der Waals surface area contributed by atoms with E-state index in [1.807, 2.05) is 6.92 Å². The summed E-state index contributed by atoms with van der Waals surface area (Å²) in [6.45, 7) is 2.00. The number of hydrogen-bond donors (Lipinski definition) is 1. The monoisotopic (exact) mass is 214 g/mol. The highest BCUT2D eigenvalue weighted by molar-refractivity contribution is 8.00. The Morgan fingerprint density at radius 3 is 2.93 bits per heavy atom. The second kappa shape index (κ2) is 3.27. The summed E-state index contributed by atoms with van der Waals surface area (Å²) < 4.78 is 4.90. The number of hydrogen-bond acceptors (Lipinski definition) is 5. The summed E-state index contributed by atoms with van der Waals surface area (Å²) in [6.07, 6.45) is 2.06. The maximum Gasteiger partial charge on any atom is 0.393 e. The van der Waals surface area contributed by atoms with E-state index in [1.165, 1.54) is 0 Å². The molecule has 0 amide bonds. The molecule has 76 valence electrons. The Morgan fingerprint density at radius 2 is 2.43 bits per heavy atom. The molecular formula is C8H10N2O3S. The lowest BCUT2D eigenvalue weighted by Crippen LogP contribution is -2.13. The van der Waals surface area contributed by atoms with E-state index in [1.54, 1.807) is 11.8 Å². The van der Waals surface area contributed by atoms with Gasteiger partial charge in [0.15, 0.2) is 0 Å². The van der Waals surface area contributed by atoms with Crippen LogP contribution >= 0.6 is 11.8 Å². The van der Waals surface area contributed by atoms with Gasteiger partial charge in [-0.1, -0.05) is 0 Å². The van der Waals surface area contributed by atoms with Crippen LogP contribution in [-0.4, -0.2) is 27.0 Å². The summed E-state index contributed by atoms with van der Waals surface area (Å²) >= 11 is 1.73. The van der Waals surface area contributed by atoms with Crippen molar-refractivity contribution < 1.29 is 14.3 Å². The predicted molar refractivity (Wildman–Crippen MR) is 50.3 cm³/mol. The Balaban J connectivity index is 2.28. The summed E-state index contributed by atoms with van der Waals surface area (Å²) in [6, 6.07) is 0. The van der Waals surface area contributed by atoms with Crippen LogP contribution < -0.4 is 0 Å². The third-order valence-corrected chi connectivity index (χ3v) is 3.79. The van der Waals surface area contributed by atoms with Crippen molar-refractivity contribution in [3.63, 3.8) is 0 Å². The van der Waals surface area contributed by atoms with E-state index in [-0.39, 0.29) is 10.6 Å². The fraction of sp³-hybridized carbons (Fsp3) is 0.625. The Hall–Kier alpha value is -1.04. The number of thioether (sulfide) groups is 1. The van der Waals surface area contributed by atoms with Gasteiger partial charge in [0.1, 0.15) is 0 Å². The number of nitrogens with zero attached hydrogens (tertiary/aromatic N) is 2. The Labute approximate surface area is 84.9 Å². The van der Waals surface area contributed by atoms with Gasteiger partial charge in [-0.25, -0.2) is 4.79 Å². The third-order valence-electron chi connectivity index (χ3n) is 2.28. The molecule has 0 radical (unpaired) electrons. The number of carboxylic acid groups (broad SMARTS) is 1. The molecule has 5 nitrogen and oxygen atoms in total. The first-order valence-electron chi connectivity index (χ1n) is 4.33. The molecule has 1 fully saturated rings. The fourth-order valence-electron chi connectivity index (χ4n) is 1.47. The van der Waals surface area contributed by atoms with E-state index in [2.05, 4.69) is 10.2 Å². The summed E-state index contributed by atoms with van der Waals surface area (Å²) in [4.78, 5) is 10.5. The Kier molecular flexibility index (Phi) is 2.22. The molecule has 1 aliphatic rings. The number of rotatable bonds is 2. The van der Waals surface area contributed by atoms with Crippen molar-refractivity contribution in [2.45, 2.75) is 24.5 Å². The molecule has 1 aromatic rings. The van der Waals surface area contributed by atoms with Gasteiger partial charge in [0.25, 0.3) is 0 Å². The normalized spacial score (nSPS) is 26.6. The summed E-state index contributed by atoms with van der Waals surface area (Å²) in [5, 5.41) is 15.9. The topological polar surface area (TPSA) is 76.2 Å². The van der Waals surface area contributed by atoms with Crippen LogP contribution in [0.15, 0.2) is 4.42 Å². The zero-order chi connectivity index (χ0) is 10.2. The van der Waals surface area contributed by atoms with E-state index >= 15 is 0 Å². The average molecular weight is 214 g/mol. The molecule has 0 aromatic carbocycles. The molecular weight excluding hydrogens is 204 g/mol. The molecule has 1 aliphatic heterocycles. The van der Waals surface area contributed by atoms with Crippen molar-refractivity contribution in [1.29, 1.82) is 0 Å². The van der Waals surface area contributed by atoms with E-state index in [0.717, 1.165) is 18.6 Å². The van der Waals surface area contributed by atoms with Crippen molar-refractivity contribution in [1.82, 2.24) is 10.2 Å². The van der Waals surface area contributed by atoms with Crippen LogP contribution in [0.5, 0.6) is 0 Å². The first kappa shape index (κ1) is 9.51. The van der Waals surface area contributed by atoms with Crippen molar-refractivity contribution in [3.8, 4) is 0 Å². The van der Waals surface area contributed by atoms with Crippen LogP contribution in [0.1, 0.15) is 36.3 Å². The lowest BCUT2D eigenvalue weighted by atomic mass is 10.1. The highest BCUT2D eigenvalue weighted by Gasteiger charge is 2.37. The standard InChI is InChI=1S/C8H10N2O3S/c1-8(3-2-4-14-8)7-10-9-5(13-7)6(11)12/h2-4H2,1H3,(H,11,12). The van der Waals surface area contributed by atoms with Crippen LogP contribution in [0.4, 0.5) is 0 Å². The quantitative estimate of drug-likeness (QED) is 0.804. The molecule has 0 spiro atoms. The largest absolute Gasteiger partial charge is 0.474 e. The number of aromatic carboxylic acids is 1. The predicted octanol–water partition coefficient (Wildman–Crippen LogP) is 1.51. The zero-order valence-electron chi connectivity index (χ0n) is 7.69. The lowest BCUT2D eigenvalue weighted by molar-refractivity contribution is 0.0650. The average Bonchev–Trinajstić information content (AvgIpc) is 2.71. The van der Waals surface area contributed by atoms with Gasteiger partial charge < -0.3 is 9.52 Å². The number of carbonyl (C=O) groups is 1. The minimum Gasteiger partial charge on any atom is -0.474 e. The van der Waals surface area contributed by atoms with Crippen molar-refractivity contribution in [2.75, 3.05) is 5.75 Å². The van der Waals surface area contributed by atoms with E-state index < -0.39 is 5.97 Å². The molecule has 0 aliphatic carbocycles. The molecule has 1 unspecified atom stereocenters. The van der Waals surface area contributed by atoms with Crippen LogP contribution in [0.25, 0.3) is 0 Å². The number of carboxylic acids is 1. The SMILES string of the molecule is CC1(c2nnc(C(=O)O)o2)CCCS1. The molecule has 1 aromatic heterocycles. The molecule has 0 bridgehead atoms. The second-order valence-electron chi connectivity index (χ2n) is 3.40. The van der Waals surface area contributed by atoms with Crippen molar-refractivity contribution in [3.05, 3.63) is 11.8 Å². The highest BCUT2D eigenvalue weighted by Crippen LogP contribution is 2.45. The third kappa shape index (κ3) is 1.50. The van der Waals surface area contributed by atoms with Crippen LogP contribution in [0, 0.1) is 0 Å². The Morgan fingerprint density at radius 1 is 1.64 bits per heavy atom. The highest BCUT2D eigenvalue weighted by atomic mass is 32.2. The molecule has 1 atom stereocenters. The van der Waals surface area contributed by atoms with Gasteiger partial charge in [0.2, 0.25) is 5.89 Å². The Bertz CT molecular complexity index is 357. The van der Waals surface area contributed by atoms with Gasteiger partial charge in [0, 0.05) is 0 Å². The first-order valence-corrected chi connectivity index (χ1v) is 5.32. The minimum absolute atomic E-state index is 0.194. The fourth-order valence-corrected chi connectivity index (χ4v) is 2.70. The second-order valence-corrected chi connectivity index (χ2v) is 5.00. The van der Waals surface area contributed by atoms with Gasteiger partial charge >= 0.3 is 11.9 Å². The maximum atomic E-state index is 10.5. The number of aromatic nitrogens is 2. The summed E-state index contributed by atoms with van der Waals surface area (Å²) in [5.74, 6) is -0.0113. The van der Waals surface area contributed by atoms with Crippen LogP contribution in [0.3, 0.4) is 0 Å². The maximum absolute atomic E-state index is 10.5. The van der Waals surface area contributed by atoms with Crippen LogP contribution in [0.2, 0.25) is 0 Å². The smallest absolute Gasteiger partial charge is 0.393 e. The molecule has 2 heterocycles. The van der Waals surface area contributed by atoms with Gasteiger partial charge in [-0.05, 0) is 25.5 Å². The van der Waals surface area contributed by atoms with Gasteiger partial charge in [0.05, 0.1) is 4.75 Å². The van der Waals surface area contributed by atoms with Crippen molar-refractivity contribution in [2.24, 2.45) is 0 Å². The molecule has 6 heteroatoms. The van der Waals surface area contributed by atoms with E-state index in [4.69, 9.17) is 9.52 Å². The van der Waals surface area contributed by atoms with E-state index in [9.17, 15) is 4.79 Å². The molecule has 1 saturated heterocycles. The van der Waals surface area contributed by atoms with Crippen LogP contribution in [-0.2, 0) is 4.75 Å². The minimum atomic E-state index is -1.17. The van der Waals surface area contributed by atoms with Gasteiger partial charge in [-0.2, -0.15) is 0 Å². The zero-order valence-corrected chi connectivity index (χ0v) is 8.50. The summed E-state index contributed by atoms with van der Waals surface area (Å²) in [5.41, 5.74) is 0. The van der Waals surface area contributed by atoms with Gasteiger partial charge in [-0.15, -0.1) is 22.0 Å². The van der Waals surface area contributed by atoms with Crippen molar-refractivity contribution >= 4 is 17.7 Å². The molecule has 0 saturated carbocycles.